The zero-order valence-electron chi connectivity index (χ0n) is 14.7. The average molecular weight is 343 g/mol. The number of nitrogens with one attached hydrogen (secondary N) is 1. The number of hydrogen-bond acceptors (Lipinski definition) is 2. The molecule has 0 saturated heterocycles. The van der Waals surface area contributed by atoms with Gasteiger partial charge in [0.25, 0.3) is 0 Å². The molecule has 3 nitrogen and oxygen atoms in total. The highest BCUT2D eigenvalue weighted by molar-refractivity contribution is 5.97. The van der Waals surface area contributed by atoms with Crippen molar-refractivity contribution < 1.29 is 9.59 Å². The molecule has 0 unspecified atom stereocenters. The van der Waals surface area contributed by atoms with Gasteiger partial charge in [-0.25, -0.2) is 0 Å². The van der Waals surface area contributed by atoms with Gasteiger partial charge in [0.05, 0.1) is 6.42 Å². The Bertz CT molecular complexity index is 777. The van der Waals surface area contributed by atoms with Crippen LogP contribution >= 0.6 is 0 Å². The fraction of sp³-hybridized carbons (Fsp3) is 0.130. The topological polar surface area (TPSA) is 46.2 Å². The van der Waals surface area contributed by atoms with Crippen LogP contribution in [0.1, 0.15) is 30.0 Å². The summed E-state index contributed by atoms with van der Waals surface area (Å²) < 4.78 is 0. The Morgan fingerprint density at radius 3 is 1.35 bits per heavy atom. The zero-order valence-corrected chi connectivity index (χ0v) is 14.7. The Morgan fingerprint density at radius 2 is 1.04 bits per heavy atom. The van der Waals surface area contributed by atoms with Gasteiger partial charge in [-0.1, -0.05) is 91.0 Å². The van der Waals surface area contributed by atoms with Crippen LogP contribution in [0.15, 0.2) is 91.0 Å². The molecule has 0 fully saturated rings. The van der Waals surface area contributed by atoms with Crippen LogP contribution in [-0.2, 0) is 15.1 Å². The monoisotopic (exact) mass is 343 g/mol. The zero-order chi connectivity index (χ0) is 18.4. The summed E-state index contributed by atoms with van der Waals surface area (Å²) in [7, 11) is 0. The summed E-state index contributed by atoms with van der Waals surface area (Å²) in [6.45, 7) is 1.43. The number of hydrogen-bond donors (Lipinski definition) is 1. The first-order chi connectivity index (χ1) is 12.6. The number of rotatable bonds is 6. The van der Waals surface area contributed by atoms with E-state index in [0.717, 1.165) is 16.7 Å². The van der Waals surface area contributed by atoms with Crippen molar-refractivity contribution in [3.05, 3.63) is 108 Å². The van der Waals surface area contributed by atoms with Crippen molar-refractivity contribution in [2.24, 2.45) is 0 Å². The summed E-state index contributed by atoms with van der Waals surface area (Å²) in [5.41, 5.74) is 1.95. The third-order valence-corrected chi connectivity index (χ3v) is 4.36. The van der Waals surface area contributed by atoms with E-state index in [1.54, 1.807) is 0 Å². The van der Waals surface area contributed by atoms with Crippen LogP contribution in [0.2, 0.25) is 0 Å². The van der Waals surface area contributed by atoms with Gasteiger partial charge >= 0.3 is 0 Å². The Hall–Kier alpha value is -3.20. The second kappa shape index (κ2) is 7.79. The third kappa shape index (κ3) is 3.57. The number of carbonyl (C=O) groups excluding carboxylic acids is 2. The van der Waals surface area contributed by atoms with E-state index in [9.17, 15) is 9.59 Å². The van der Waals surface area contributed by atoms with Gasteiger partial charge in [-0.2, -0.15) is 0 Å². The highest BCUT2D eigenvalue weighted by Gasteiger charge is 2.37. The first-order valence-electron chi connectivity index (χ1n) is 8.60. The molecule has 3 rings (SSSR count). The van der Waals surface area contributed by atoms with Crippen LogP contribution < -0.4 is 5.32 Å². The van der Waals surface area contributed by atoms with Crippen LogP contribution in [-0.4, -0.2) is 11.7 Å². The van der Waals surface area contributed by atoms with Gasteiger partial charge < -0.3 is 5.32 Å². The van der Waals surface area contributed by atoms with Crippen molar-refractivity contribution in [3.8, 4) is 0 Å². The van der Waals surface area contributed by atoms with Gasteiger partial charge in [-0.05, 0) is 23.6 Å². The maximum atomic E-state index is 12.7. The molecule has 0 bridgehead atoms. The van der Waals surface area contributed by atoms with E-state index in [4.69, 9.17) is 0 Å². The molecule has 1 N–H and O–H groups in total. The van der Waals surface area contributed by atoms with Crippen molar-refractivity contribution in [2.45, 2.75) is 18.9 Å². The number of carbonyl (C=O) groups is 2. The predicted octanol–water partition coefficient (Wildman–Crippen LogP) is 4.07. The first-order valence-corrected chi connectivity index (χ1v) is 8.60. The summed E-state index contributed by atoms with van der Waals surface area (Å²) in [6, 6.07) is 29.5. The van der Waals surface area contributed by atoms with Gasteiger partial charge in [-0.3, -0.25) is 9.59 Å². The van der Waals surface area contributed by atoms with E-state index >= 15 is 0 Å². The van der Waals surface area contributed by atoms with E-state index in [2.05, 4.69) is 5.32 Å². The molecule has 3 aromatic carbocycles. The maximum absolute atomic E-state index is 12.7. The van der Waals surface area contributed by atoms with Crippen LogP contribution in [0.4, 0.5) is 0 Å². The molecule has 1 amide bonds. The van der Waals surface area contributed by atoms with E-state index in [1.165, 1.54) is 6.92 Å². The lowest BCUT2D eigenvalue weighted by atomic mass is 9.77. The van der Waals surface area contributed by atoms with Crippen molar-refractivity contribution >= 4 is 11.7 Å². The molecule has 3 heteroatoms. The largest absolute Gasteiger partial charge is 0.338 e. The summed E-state index contributed by atoms with van der Waals surface area (Å²) in [5, 5.41) is 3.15. The maximum Gasteiger partial charge on any atom is 0.228 e. The lowest BCUT2D eigenvalue weighted by Crippen LogP contribution is -2.48. The van der Waals surface area contributed by atoms with Crippen LogP contribution in [0.3, 0.4) is 0 Å². The molecule has 26 heavy (non-hydrogen) atoms. The standard InChI is InChI=1S/C23H21NO2/c1-18(25)17-22(26)24-23(19-11-5-2-6-12-19,20-13-7-3-8-14-20)21-15-9-4-10-16-21/h2-16H,17H2,1H3,(H,24,26). The van der Waals surface area contributed by atoms with Gasteiger partial charge in [0, 0.05) is 0 Å². The minimum atomic E-state index is -0.865. The molecular weight excluding hydrogens is 322 g/mol. The minimum Gasteiger partial charge on any atom is -0.338 e. The molecule has 3 aromatic rings. The lowest BCUT2D eigenvalue weighted by molar-refractivity contribution is -0.128. The first kappa shape index (κ1) is 17.6. The lowest BCUT2D eigenvalue weighted by Gasteiger charge is -2.36. The van der Waals surface area contributed by atoms with Gasteiger partial charge in [-0.15, -0.1) is 0 Å². The fourth-order valence-electron chi connectivity index (χ4n) is 3.26. The van der Waals surface area contributed by atoms with Crippen LogP contribution in [0.25, 0.3) is 0 Å². The Kier molecular flexibility index (Phi) is 5.28. The van der Waals surface area contributed by atoms with E-state index in [1.807, 2.05) is 91.0 Å². The van der Waals surface area contributed by atoms with E-state index in [0.29, 0.717) is 0 Å². The summed E-state index contributed by atoms with van der Waals surface area (Å²) >= 11 is 0. The number of benzene rings is 3. The number of ketones is 1. The molecule has 0 saturated carbocycles. The molecular formula is C23H21NO2. The summed E-state index contributed by atoms with van der Waals surface area (Å²) in [5.74, 6) is -0.459. The van der Waals surface area contributed by atoms with Crippen LogP contribution in [0.5, 0.6) is 0 Å². The highest BCUT2D eigenvalue weighted by Crippen LogP contribution is 2.36. The van der Waals surface area contributed by atoms with Gasteiger partial charge in [0.15, 0.2) is 0 Å². The van der Waals surface area contributed by atoms with Gasteiger partial charge in [0.1, 0.15) is 11.3 Å². The van der Waals surface area contributed by atoms with Crippen molar-refractivity contribution in [1.29, 1.82) is 0 Å². The van der Waals surface area contributed by atoms with Crippen molar-refractivity contribution in [1.82, 2.24) is 5.32 Å². The summed E-state index contributed by atoms with van der Waals surface area (Å²) in [4.78, 5) is 24.1. The smallest absolute Gasteiger partial charge is 0.228 e. The molecule has 0 aliphatic carbocycles. The van der Waals surface area contributed by atoms with E-state index in [-0.39, 0.29) is 18.1 Å². The van der Waals surface area contributed by atoms with Crippen molar-refractivity contribution in [2.75, 3.05) is 0 Å². The van der Waals surface area contributed by atoms with E-state index < -0.39 is 5.54 Å². The fourth-order valence-corrected chi connectivity index (χ4v) is 3.26. The normalized spacial score (nSPS) is 11.0. The number of Topliss-reactive ketones (excluding diaryl/α,β-unsaturated/α-hetero) is 1. The molecule has 0 radical (unpaired) electrons. The Balaban J connectivity index is 2.24. The molecule has 0 aromatic heterocycles. The molecule has 0 atom stereocenters. The number of amides is 1. The van der Waals surface area contributed by atoms with Crippen molar-refractivity contribution in [3.63, 3.8) is 0 Å². The Labute approximate surface area is 153 Å². The Morgan fingerprint density at radius 1 is 0.692 bits per heavy atom. The highest BCUT2D eigenvalue weighted by atomic mass is 16.2. The minimum absolute atomic E-state index is 0.145. The average Bonchev–Trinajstić information content (AvgIpc) is 2.67. The van der Waals surface area contributed by atoms with Crippen LogP contribution in [0, 0.1) is 0 Å². The molecule has 130 valence electrons. The molecule has 0 aliphatic heterocycles. The second-order valence-electron chi connectivity index (χ2n) is 6.28. The summed E-state index contributed by atoms with van der Waals surface area (Å²) in [6.07, 6.45) is -0.145. The predicted molar refractivity (Wildman–Crippen MR) is 103 cm³/mol. The SMILES string of the molecule is CC(=O)CC(=O)NC(c1ccccc1)(c1ccccc1)c1ccccc1. The molecule has 0 aliphatic rings. The third-order valence-electron chi connectivity index (χ3n) is 4.36. The quantitative estimate of drug-likeness (QED) is 0.542. The van der Waals surface area contributed by atoms with Gasteiger partial charge in [0.2, 0.25) is 5.91 Å². The molecule has 0 heterocycles. The second-order valence-corrected chi connectivity index (χ2v) is 6.28. The molecule has 0 spiro atoms.